The maximum Gasteiger partial charge on any atom is 0.334 e. The lowest BCUT2D eigenvalue weighted by atomic mass is 9.98. The smallest absolute Gasteiger partial charge is 0.334 e. The number of aromatic hydroxyl groups is 1. The van der Waals surface area contributed by atoms with Crippen LogP contribution in [0.5, 0.6) is 5.75 Å². The molecule has 0 unspecified atom stereocenters. The standard InChI is InChI=1S/C32H38N6O4/c1-34(2)19-25-10-7-11-26(16-25)20-36-21-29-37(28(31(36)41)17-23-12-14-27(39)15-13-23)30(40)22-35(3)38(29)32(42)33-18-24-8-5-4-6-9-24/h4-16,28-29,39H,17-22H2,1-3H3,(H,33,42)/t28-,29-/m0/s1. The Balaban J connectivity index is 1.45. The average Bonchev–Trinajstić information content (AvgIpc) is 2.95. The van der Waals surface area contributed by atoms with Gasteiger partial charge in [0.1, 0.15) is 18.0 Å². The fourth-order valence-electron chi connectivity index (χ4n) is 5.77. The van der Waals surface area contributed by atoms with Gasteiger partial charge in [-0.15, -0.1) is 0 Å². The van der Waals surface area contributed by atoms with E-state index >= 15 is 0 Å². The summed E-state index contributed by atoms with van der Waals surface area (Å²) in [5, 5.41) is 16.0. The Morgan fingerprint density at radius 3 is 2.33 bits per heavy atom. The Hall–Kier alpha value is -4.41. The lowest BCUT2D eigenvalue weighted by Crippen LogP contribution is -2.76. The van der Waals surface area contributed by atoms with E-state index in [0.29, 0.717) is 13.1 Å². The van der Waals surface area contributed by atoms with Crippen molar-refractivity contribution in [3.63, 3.8) is 0 Å². The summed E-state index contributed by atoms with van der Waals surface area (Å²) in [5.41, 5.74) is 3.89. The van der Waals surface area contributed by atoms with Crippen molar-refractivity contribution >= 4 is 17.8 Å². The maximum absolute atomic E-state index is 14.1. The second kappa shape index (κ2) is 12.6. The van der Waals surface area contributed by atoms with Gasteiger partial charge in [0.05, 0.1) is 13.1 Å². The number of urea groups is 1. The van der Waals surface area contributed by atoms with Gasteiger partial charge in [-0.2, -0.15) is 0 Å². The zero-order chi connectivity index (χ0) is 29.8. The van der Waals surface area contributed by atoms with Crippen LogP contribution in [-0.2, 0) is 35.6 Å². The fraction of sp³-hybridized carbons (Fsp3) is 0.344. The Morgan fingerprint density at radius 1 is 0.929 bits per heavy atom. The molecule has 2 atom stereocenters. The molecule has 4 amide bonds. The Kier molecular flexibility index (Phi) is 8.75. The molecule has 2 saturated heterocycles. The van der Waals surface area contributed by atoms with Crippen LogP contribution in [0.2, 0.25) is 0 Å². The van der Waals surface area contributed by atoms with Crippen molar-refractivity contribution in [1.29, 1.82) is 0 Å². The molecule has 10 heteroatoms. The molecule has 0 aliphatic carbocycles. The number of hydrazine groups is 1. The van der Waals surface area contributed by atoms with Gasteiger partial charge in [-0.1, -0.05) is 66.7 Å². The molecule has 2 aliphatic rings. The molecule has 2 aliphatic heterocycles. The number of nitrogens with zero attached hydrogens (tertiary/aromatic N) is 5. The number of phenolic OH excluding ortho intramolecular Hbond substituents is 1. The monoisotopic (exact) mass is 570 g/mol. The molecule has 2 fully saturated rings. The molecule has 42 heavy (non-hydrogen) atoms. The first kappa shape index (κ1) is 29.1. The van der Waals surface area contributed by atoms with Crippen LogP contribution < -0.4 is 5.32 Å². The number of carbonyl (C=O) groups excluding carboxylic acids is 3. The minimum atomic E-state index is -0.802. The molecule has 220 valence electrons. The molecule has 5 rings (SSSR count). The van der Waals surface area contributed by atoms with Gasteiger partial charge in [0.2, 0.25) is 11.8 Å². The SMILES string of the molecule is CN(C)Cc1cccc(CN2C[C@H]3N(C(=O)CN(C)N3C(=O)NCc3ccccc3)[C@@H](Cc3ccc(O)cc3)C2=O)c1. The molecule has 10 nitrogen and oxygen atoms in total. The van der Waals surface area contributed by atoms with E-state index in [4.69, 9.17) is 0 Å². The third kappa shape index (κ3) is 6.56. The average molecular weight is 571 g/mol. The van der Waals surface area contributed by atoms with Crippen LogP contribution in [-0.4, -0.2) is 94.1 Å². The molecule has 2 heterocycles. The van der Waals surface area contributed by atoms with Crippen molar-refractivity contribution in [2.24, 2.45) is 0 Å². The number of hydrogen-bond donors (Lipinski definition) is 2. The molecule has 0 radical (unpaired) electrons. The number of likely N-dealkylation sites (N-methyl/N-ethyl adjacent to an activating group) is 1. The Labute approximate surface area is 246 Å². The molecule has 3 aromatic rings. The number of benzene rings is 3. The molecule has 0 saturated carbocycles. The summed E-state index contributed by atoms with van der Waals surface area (Å²) in [7, 11) is 5.74. The normalized spacial score (nSPS) is 19.3. The number of fused-ring (bicyclic) bond motifs is 1. The van der Waals surface area contributed by atoms with Crippen LogP contribution in [0.4, 0.5) is 4.79 Å². The van der Waals surface area contributed by atoms with Crippen LogP contribution in [0.15, 0.2) is 78.9 Å². The van der Waals surface area contributed by atoms with Gasteiger partial charge in [0.15, 0.2) is 0 Å². The summed E-state index contributed by atoms with van der Waals surface area (Å²) in [6.45, 7) is 1.62. The topological polar surface area (TPSA) is 99.7 Å². The van der Waals surface area contributed by atoms with Gasteiger partial charge in [-0.25, -0.2) is 14.8 Å². The van der Waals surface area contributed by atoms with E-state index in [0.717, 1.165) is 28.8 Å². The number of carbonyl (C=O) groups is 3. The zero-order valence-corrected chi connectivity index (χ0v) is 24.3. The number of piperazine rings is 1. The highest BCUT2D eigenvalue weighted by Crippen LogP contribution is 2.29. The third-order valence-corrected chi connectivity index (χ3v) is 7.66. The third-order valence-electron chi connectivity index (χ3n) is 7.66. The van der Waals surface area contributed by atoms with Gasteiger partial charge in [-0.05, 0) is 48.5 Å². The second-order valence-corrected chi connectivity index (χ2v) is 11.2. The van der Waals surface area contributed by atoms with Crippen LogP contribution >= 0.6 is 0 Å². The van der Waals surface area contributed by atoms with Crippen LogP contribution in [0.3, 0.4) is 0 Å². The summed E-state index contributed by atoms with van der Waals surface area (Å²) >= 11 is 0. The van der Waals surface area contributed by atoms with E-state index in [1.54, 1.807) is 51.1 Å². The van der Waals surface area contributed by atoms with Crippen molar-refractivity contribution in [2.75, 3.05) is 34.2 Å². The van der Waals surface area contributed by atoms with E-state index in [1.165, 1.54) is 0 Å². The predicted octanol–water partition coefficient (Wildman–Crippen LogP) is 2.63. The lowest BCUT2D eigenvalue weighted by Gasteiger charge is -2.54. The van der Waals surface area contributed by atoms with E-state index in [-0.39, 0.29) is 43.1 Å². The van der Waals surface area contributed by atoms with E-state index in [2.05, 4.69) is 22.3 Å². The predicted molar refractivity (Wildman–Crippen MR) is 159 cm³/mol. The lowest BCUT2D eigenvalue weighted by molar-refractivity contribution is -0.187. The summed E-state index contributed by atoms with van der Waals surface area (Å²) in [6, 6.07) is 23.3. The van der Waals surface area contributed by atoms with Crippen molar-refractivity contribution in [2.45, 2.75) is 38.3 Å². The minimum Gasteiger partial charge on any atom is -0.508 e. The van der Waals surface area contributed by atoms with Gasteiger partial charge in [-0.3, -0.25) is 9.59 Å². The first-order chi connectivity index (χ1) is 20.2. The molecular formula is C32H38N6O4. The highest BCUT2D eigenvalue weighted by molar-refractivity contribution is 5.91. The molecule has 0 bridgehead atoms. The Bertz CT molecular complexity index is 1410. The maximum atomic E-state index is 14.1. The van der Waals surface area contributed by atoms with Crippen molar-refractivity contribution in [3.8, 4) is 5.75 Å². The number of hydrogen-bond acceptors (Lipinski definition) is 6. The highest BCUT2D eigenvalue weighted by atomic mass is 16.3. The summed E-state index contributed by atoms with van der Waals surface area (Å²) in [6.07, 6.45) is -0.418. The molecular weight excluding hydrogens is 532 g/mol. The van der Waals surface area contributed by atoms with Gasteiger partial charge >= 0.3 is 6.03 Å². The molecule has 0 spiro atoms. The van der Waals surface area contributed by atoms with Gasteiger partial charge in [0.25, 0.3) is 0 Å². The van der Waals surface area contributed by atoms with Crippen LogP contribution in [0.1, 0.15) is 22.3 Å². The quantitative estimate of drug-likeness (QED) is 0.432. The number of rotatable bonds is 8. The molecule has 0 aromatic heterocycles. The molecule has 2 N–H and O–H groups in total. The number of nitrogens with one attached hydrogen (secondary N) is 1. The minimum absolute atomic E-state index is 0.0266. The summed E-state index contributed by atoms with van der Waals surface area (Å²) in [5.74, 6) is -0.248. The first-order valence-corrected chi connectivity index (χ1v) is 14.1. The van der Waals surface area contributed by atoms with Crippen LogP contribution in [0.25, 0.3) is 0 Å². The van der Waals surface area contributed by atoms with Crippen molar-refractivity contribution in [1.82, 2.24) is 30.0 Å². The second-order valence-electron chi connectivity index (χ2n) is 11.2. The first-order valence-electron chi connectivity index (χ1n) is 14.1. The summed E-state index contributed by atoms with van der Waals surface area (Å²) < 4.78 is 0. The highest BCUT2D eigenvalue weighted by Gasteiger charge is 2.50. The van der Waals surface area contributed by atoms with Crippen molar-refractivity contribution in [3.05, 3.63) is 101 Å². The molecule has 3 aromatic carbocycles. The summed E-state index contributed by atoms with van der Waals surface area (Å²) in [4.78, 5) is 46.6. The van der Waals surface area contributed by atoms with Crippen molar-refractivity contribution < 1.29 is 19.5 Å². The van der Waals surface area contributed by atoms with Gasteiger partial charge in [0, 0.05) is 33.1 Å². The van der Waals surface area contributed by atoms with E-state index < -0.39 is 12.2 Å². The fourth-order valence-corrected chi connectivity index (χ4v) is 5.77. The van der Waals surface area contributed by atoms with Gasteiger partial charge < -0.3 is 25.1 Å². The largest absolute Gasteiger partial charge is 0.508 e. The number of phenols is 1. The van der Waals surface area contributed by atoms with E-state index in [1.807, 2.05) is 56.6 Å². The van der Waals surface area contributed by atoms with Crippen LogP contribution in [0, 0.1) is 0 Å². The Morgan fingerprint density at radius 2 is 1.62 bits per heavy atom. The number of amides is 4. The van der Waals surface area contributed by atoms with E-state index in [9.17, 15) is 19.5 Å². The zero-order valence-electron chi connectivity index (χ0n) is 24.3.